The second kappa shape index (κ2) is 38.1. The Hall–Kier alpha value is -3.50. The molecule has 3 fully saturated rings. The molecule has 0 unspecified atom stereocenters. The molecule has 3 saturated carbocycles. The highest BCUT2D eigenvalue weighted by molar-refractivity contribution is 5.72. The van der Waals surface area contributed by atoms with E-state index >= 15 is 0 Å². The maximum Gasteiger partial charge on any atom is 0.332 e. The lowest BCUT2D eigenvalue weighted by Crippen LogP contribution is -2.36. The number of nitrogens with zero attached hydrogens (tertiary/aromatic N) is 2. The molecule has 0 aromatic rings. The van der Waals surface area contributed by atoms with Gasteiger partial charge in [0, 0.05) is 39.3 Å². The topological polar surface area (TPSA) is 220 Å². The molecule has 0 spiro atoms. The number of esters is 6. The highest BCUT2D eigenvalue weighted by Crippen LogP contribution is 2.22. The molecule has 3 rings (SSSR count). The van der Waals surface area contributed by atoms with Crippen molar-refractivity contribution < 1.29 is 85.6 Å². The predicted molar refractivity (Wildman–Crippen MR) is 274 cm³/mol. The van der Waals surface area contributed by atoms with E-state index in [0.717, 1.165) is 77.0 Å². The SMILES string of the molecule is CC(C)(C)OC(=O)COCCN(CCOCC(=O)OC(C)(C)C)CCOCC(=O)OC(C)(C)C.O=C(COCCN(CCOCC(=O)OC1CCCCC1)CCOCC(=O)OC1CCCCC1)OC1CCCCC1. The van der Waals surface area contributed by atoms with E-state index in [-0.39, 0.29) is 95.7 Å². The number of hydrogen-bond acceptors (Lipinski definition) is 20. The first-order chi connectivity index (χ1) is 35.0. The fourth-order valence-corrected chi connectivity index (χ4v) is 8.09. The van der Waals surface area contributed by atoms with Crippen LogP contribution in [-0.2, 0) is 85.6 Å². The van der Waals surface area contributed by atoms with Crippen molar-refractivity contribution in [1.82, 2.24) is 9.80 Å². The minimum Gasteiger partial charge on any atom is -0.461 e. The van der Waals surface area contributed by atoms with Crippen molar-refractivity contribution in [3.05, 3.63) is 0 Å². The monoisotopic (exact) mass is 1060 g/mol. The van der Waals surface area contributed by atoms with E-state index in [2.05, 4.69) is 4.90 Å². The molecule has 20 heteroatoms. The Balaban J connectivity index is 0.000000515. The summed E-state index contributed by atoms with van der Waals surface area (Å²) in [6.07, 6.45) is 15.9. The third-order valence-corrected chi connectivity index (χ3v) is 11.4. The molecule has 0 saturated heterocycles. The van der Waals surface area contributed by atoms with Gasteiger partial charge in [0.25, 0.3) is 0 Å². The standard InChI is InChI=1S/C30H51NO9.C24H45NO9/c32-28(38-25-10-4-1-5-11-25)22-35-19-16-31(17-20-36-23-29(33)39-26-12-6-2-7-13-26)18-21-37-24-30(34)40-27-14-8-3-9-15-27;1-22(2,3)32-19(26)16-29-13-10-25(11-14-30-17-20(27)33-23(4,5)6)12-15-31-18-21(28)34-24(7,8)9/h25-27H,1-24H2;10-18H2,1-9H3. The molecule has 0 amide bonds. The van der Waals surface area contributed by atoms with Crippen molar-refractivity contribution >= 4 is 35.8 Å². The van der Waals surface area contributed by atoms with Crippen LogP contribution in [0, 0.1) is 0 Å². The van der Waals surface area contributed by atoms with Crippen molar-refractivity contribution in [2.24, 2.45) is 0 Å². The lowest BCUT2D eigenvalue weighted by molar-refractivity contribution is -0.160. The van der Waals surface area contributed by atoms with Crippen LogP contribution in [0.3, 0.4) is 0 Å². The largest absolute Gasteiger partial charge is 0.461 e. The molecule has 3 aliphatic carbocycles. The van der Waals surface area contributed by atoms with Gasteiger partial charge >= 0.3 is 35.8 Å². The fraction of sp³-hybridized carbons (Fsp3) is 0.889. The zero-order valence-electron chi connectivity index (χ0n) is 46.8. The van der Waals surface area contributed by atoms with Crippen LogP contribution in [-0.4, -0.2) is 199 Å². The van der Waals surface area contributed by atoms with E-state index in [1.807, 2.05) is 4.90 Å². The Bertz CT molecular complexity index is 1380. The quantitative estimate of drug-likeness (QED) is 0.0398. The molecule has 74 heavy (non-hydrogen) atoms. The van der Waals surface area contributed by atoms with Crippen LogP contribution in [0.1, 0.15) is 159 Å². The van der Waals surface area contributed by atoms with Crippen LogP contribution in [0.4, 0.5) is 0 Å². The summed E-state index contributed by atoms with van der Waals surface area (Å²) in [5.74, 6) is -2.25. The molecule has 0 radical (unpaired) electrons. The van der Waals surface area contributed by atoms with Gasteiger partial charge in [-0.3, -0.25) is 9.80 Å². The van der Waals surface area contributed by atoms with E-state index in [1.54, 1.807) is 62.3 Å². The molecule has 0 N–H and O–H groups in total. The molecule has 0 bridgehead atoms. The number of carbonyl (C=O) groups excluding carboxylic acids is 6. The minimum atomic E-state index is -0.566. The second-order valence-electron chi connectivity index (χ2n) is 22.0. The van der Waals surface area contributed by atoms with Crippen molar-refractivity contribution in [3.63, 3.8) is 0 Å². The van der Waals surface area contributed by atoms with Gasteiger partial charge in [0.2, 0.25) is 0 Å². The van der Waals surface area contributed by atoms with E-state index < -0.39 is 34.7 Å². The van der Waals surface area contributed by atoms with E-state index in [0.29, 0.717) is 59.1 Å². The van der Waals surface area contributed by atoms with Gasteiger partial charge in [0.15, 0.2) is 0 Å². The summed E-state index contributed by atoms with van der Waals surface area (Å²) in [6, 6.07) is 0. The van der Waals surface area contributed by atoms with E-state index in [4.69, 9.17) is 56.8 Å². The van der Waals surface area contributed by atoms with Gasteiger partial charge in [0.05, 0.1) is 39.6 Å². The maximum absolute atomic E-state index is 12.1. The van der Waals surface area contributed by atoms with Crippen LogP contribution >= 0.6 is 0 Å². The number of rotatable bonds is 33. The highest BCUT2D eigenvalue weighted by atomic mass is 16.6. The molecule has 20 nitrogen and oxygen atoms in total. The first kappa shape index (κ1) is 66.6. The third kappa shape index (κ3) is 39.0. The lowest BCUT2D eigenvalue weighted by atomic mass is 9.98. The average Bonchev–Trinajstić information content (AvgIpc) is 3.31. The molecule has 0 aromatic carbocycles. The Morgan fingerprint density at radius 2 is 0.500 bits per heavy atom. The maximum atomic E-state index is 12.1. The van der Waals surface area contributed by atoms with Gasteiger partial charge < -0.3 is 56.8 Å². The number of hydrogen-bond donors (Lipinski definition) is 0. The van der Waals surface area contributed by atoms with Crippen LogP contribution in [0.25, 0.3) is 0 Å². The van der Waals surface area contributed by atoms with Gasteiger partial charge in [0.1, 0.15) is 74.8 Å². The van der Waals surface area contributed by atoms with Crippen LogP contribution in [0.15, 0.2) is 0 Å². The van der Waals surface area contributed by atoms with Crippen LogP contribution in [0.2, 0.25) is 0 Å². The minimum absolute atomic E-state index is 0.0188. The first-order valence-electron chi connectivity index (χ1n) is 27.2. The normalized spacial score (nSPS) is 16.3. The van der Waals surface area contributed by atoms with Gasteiger partial charge in [-0.15, -0.1) is 0 Å². The van der Waals surface area contributed by atoms with Gasteiger partial charge in [-0.05, 0) is 139 Å². The third-order valence-electron chi connectivity index (χ3n) is 11.4. The number of ether oxygens (including phenoxy) is 12. The fourth-order valence-electron chi connectivity index (χ4n) is 8.09. The summed E-state index contributed by atoms with van der Waals surface area (Å²) in [5, 5.41) is 0. The molecule has 0 aromatic heterocycles. The summed E-state index contributed by atoms with van der Waals surface area (Å²) >= 11 is 0. The zero-order valence-corrected chi connectivity index (χ0v) is 46.8. The van der Waals surface area contributed by atoms with E-state index in [9.17, 15) is 28.8 Å². The Labute approximate surface area is 442 Å². The van der Waals surface area contributed by atoms with Crippen LogP contribution < -0.4 is 0 Å². The average molecular weight is 1060 g/mol. The van der Waals surface area contributed by atoms with Crippen molar-refractivity contribution in [3.8, 4) is 0 Å². The van der Waals surface area contributed by atoms with Gasteiger partial charge in [-0.1, -0.05) is 19.3 Å². The molecular formula is C54H96N2O18. The molecule has 430 valence electrons. The Morgan fingerprint density at radius 1 is 0.311 bits per heavy atom. The van der Waals surface area contributed by atoms with Crippen molar-refractivity contribution in [2.75, 3.05) is 119 Å². The predicted octanol–water partition coefficient (Wildman–Crippen LogP) is 6.33. The smallest absolute Gasteiger partial charge is 0.332 e. The Morgan fingerprint density at radius 3 is 0.689 bits per heavy atom. The summed E-state index contributed by atoms with van der Waals surface area (Å²) in [6.45, 7) is 20.5. The molecule has 0 heterocycles. The van der Waals surface area contributed by atoms with E-state index in [1.165, 1.54) is 19.3 Å². The Kier molecular flexibility index (Phi) is 34.3. The summed E-state index contributed by atoms with van der Waals surface area (Å²) in [4.78, 5) is 75.6. The molecule has 0 aliphatic heterocycles. The van der Waals surface area contributed by atoms with Crippen LogP contribution in [0.5, 0.6) is 0 Å². The van der Waals surface area contributed by atoms with Gasteiger partial charge in [-0.2, -0.15) is 0 Å². The molecular weight excluding hydrogens is 965 g/mol. The second-order valence-corrected chi connectivity index (χ2v) is 22.0. The number of carbonyl (C=O) groups is 6. The molecule has 0 atom stereocenters. The highest BCUT2D eigenvalue weighted by Gasteiger charge is 2.22. The lowest BCUT2D eigenvalue weighted by Gasteiger charge is -2.24. The van der Waals surface area contributed by atoms with Crippen molar-refractivity contribution in [1.29, 1.82) is 0 Å². The van der Waals surface area contributed by atoms with Crippen molar-refractivity contribution in [2.45, 2.75) is 194 Å². The molecule has 3 aliphatic rings. The first-order valence-corrected chi connectivity index (χ1v) is 27.2. The summed E-state index contributed by atoms with van der Waals surface area (Å²) in [5.41, 5.74) is -1.70. The summed E-state index contributed by atoms with van der Waals surface area (Å²) < 4.78 is 65.2. The zero-order chi connectivity index (χ0) is 54.7. The van der Waals surface area contributed by atoms with Gasteiger partial charge in [-0.25, -0.2) is 28.8 Å². The summed E-state index contributed by atoms with van der Waals surface area (Å²) in [7, 11) is 0.